The van der Waals surface area contributed by atoms with Crippen LogP contribution in [0.4, 0.5) is 0 Å². The number of nitrogens with zero attached hydrogens (tertiary/aromatic N) is 4. The molecule has 158 valence electrons. The van der Waals surface area contributed by atoms with Gasteiger partial charge in [0.15, 0.2) is 0 Å². The van der Waals surface area contributed by atoms with E-state index in [1.807, 2.05) is 32.2 Å². The number of para-hydroxylation sites is 1. The molecule has 0 bridgehead atoms. The molecule has 0 spiro atoms. The van der Waals surface area contributed by atoms with Crippen LogP contribution in [0, 0.1) is 41.5 Å². The summed E-state index contributed by atoms with van der Waals surface area (Å²) in [6, 6.07) is 12.3. The lowest BCUT2D eigenvalue weighted by molar-refractivity contribution is 0.0948. The highest BCUT2D eigenvalue weighted by Gasteiger charge is 2.17. The second-order valence-corrected chi connectivity index (χ2v) is 8.08. The minimum atomic E-state index is -0.284. The number of nitrogens with one attached hydrogen (secondary N) is 1. The van der Waals surface area contributed by atoms with E-state index in [1.165, 1.54) is 16.8 Å². The van der Waals surface area contributed by atoms with Gasteiger partial charge in [0, 0.05) is 23.1 Å². The number of hydrogen-bond acceptors (Lipinski definition) is 3. The highest BCUT2D eigenvalue weighted by molar-refractivity contribution is 5.95. The van der Waals surface area contributed by atoms with Crippen molar-refractivity contribution in [2.75, 3.05) is 0 Å². The monoisotopic (exact) mass is 413 g/mol. The van der Waals surface area contributed by atoms with Gasteiger partial charge in [-0.1, -0.05) is 18.2 Å². The van der Waals surface area contributed by atoms with Gasteiger partial charge in [0.1, 0.15) is 11.3 Å². The van der Waals surface area contributed by atoms with E-state index in [-0.39, 0.29) is 5.91 Å². The predicted molar refractivity (Wildman–Crippen MR) is 124 cm³/mol. The molecule has 0 aliphatic heterocycles. The summed E-state index contributed by atoms with van der Waals surface area (Å²) in [6.07, 6.45) is 3.56. The van der Waals surface area contributed by atoms with Crippen LogP contribution in [-0.4, -0.2) is 26.1 Å². The molecular formula is C25H27N5O. The van der Waals surface area contributed by atoms with Crippen LogP contribution < -0.4 is 5.43 Å². The molecule has 0 saturated heterocycles. The predicted octanol–water partition coefficient (Wildman–Crippen LogP) is 4.74. The Balaban J connectivity index is 1.61. The standard InChI is InChI=1S/C25H27N5O/c1-15-10-11-29-22(12-15)27-19(5)24(29)25(31)28-26-14-21-13-18(4)30(20(21)6)23-16(2)8-7-9-17(23)3/h7-14H,1-6H3,(H,28,31)/b26-14-. The number of fused-ring (bicyclic) bond motifs is 1. The number of hydrazone groups is 1. The molecule has 0 unspecified atom stereocenters. The van der Waals surface area contributed by atoms with E-state index in [0.29, 0.717) is 11.4 Å². The van der Waals surface area contributed by atoms with E-state index in [1.54, 1.807) is 10.6 Å². The number of pyridine rings is 1. The third kappa shape index (κ3) is 3.65. The Kier molecular flexibility index (Phi) is 5.23. The number of aryl methyl sites for hydroxylation is 5. The van der Waals surface area contributed by atoms with Crippen molar-refractivity contribution in [3.8, 4) is 5.69 Å². The number of amides is 1. The highest BCUT2D eigenvalue weighted by Crippen LogP contribution is 2.25. The first-order chi connectivity index (χ1) is 14.8. The minimum Gasteiger partial charge on any atom is -0.317 e. The maximum atomic E-state index is 12.8. The summed E-state index contributed by atoms with van der Waals surface area (Å²) >= 11 is 0. The maximum Gasteiger partial charge on any atom is 0.290 e. The van der Waals surface area contributed by atoms with Crippen LogP contribution >= 0.6 is 0 Å². The van der Waals surface area contributed by atoms with Crippen LogP contribution in [0.2, 0.25) is 0 Å². The Morgan fingerprint density at radius 1 is 1.03 bits per heavy atom. The number of rotatable bonds is 4. The summed E-state index contributed by atoms with van der Waals surface area (Å²) in [4.78, 5) is 17.3. The summed E-state index contributed by atoms with van der Waals surface area (Å²) in [5.74, 6) is -0.284. The van der Waals surface area contributed by atoms with Crippen molar-refractivity contribution in [1.82, 2.24) is 19.4 Å². The van der Waals surface area contributed by atoms with Gasteiger partial charge in [0.2, 0.25) is 0 Å². The van der Waals surface area contributed by atoms with Crippen molar-refractivity contribution in [3.05, 3.63) is 87.6 Å². The molecule has 6 nitrogen and oxygen atoms in total. The Labute approximate surface area is 182 Å². The average Bonchev–Trinajstić information content (AvgIpc) is 3.17. The van der Waals surface area contributed by atoms with Crippen molar-refractivity contribution in [2.24, 2.45) is 5.10 Å². The van der Waals surface area contributed by atoms with Crippen molar-refractivity contribution in [3.63, 3.8) is 0 Å². The van der Waals surface area contributed by atoms with Crippen LogP contribution in [0.3, 0.4) is 0 Å². The molecule has 0 atom stereocenters. The Bertz CT molecular complexity index is 1320. The first-order valence-electron chi connectivity index (χ1n) is 10.3. The van der Waals surface area contributed by atoms with Crippen LogP contribution in [0.1, 0.15) is 49.8 Å². The minimum absolute atomic E-state index is 0.284. The van der Waals surface area contributed by atoms with E-state index in [9.17, 15) is 4.79 Å². The lowest BCUT2D eigenvalue weighted by Gasteiger charge is -2.15. The van der Waals surface area contributed by atoms with Crippen molar-refractivity contribution in [2.45, 2.75) is 41.5 Å². The van der Waals surface area contributed by atoms with Crippen molar-refractivity contribution >= 4 is 17.8 Å². The number of hydrogen-bond donors (Lipinski definition) is 1. The smallest absolute Gasteiger partial charge is 0.290 e. The molecule has 4 aromatic rings. The molecule has 0 saturated carbocycles. The zero-order valence-electron chi connectivity index (χ0n) is 18.8. The number of aromatic nitrogens is 3. The van der Waals surface area contributed by atoms with Gasteiger partial charge in [0.25, 0.3) is 5.91 Å². The number of carbonyl (C=O) groups excluding carboxylic acids is 1. The van der Waals surface area contributed by atoms with Gasteiger partial charge in [-0.15, -0.1) is 0 Å². The van der Waals surface area contributed by atoms with Gasteiger partial charge in [-0.2, -0.15) is 5.10 Å². The molecule has 4 rings (SSSR count). The molecule has 0 aliphatic rings. The van der Waals surface area contributed by atoms with Gasteiger partial charge in [-0.3, -0.25) is 9.20 Å². The van der Waals surface area contributed by atoms with Crippen molar-refractivity contribution in [1.29, 1.82) is 0 Å². The Morgan fingerprint density at radius 3 is 2.45 bits per heavy atom. The third-order valence-electron chi connectivity index (χ3n) is 5.67. The van der Waals surface area contributed by atoms with E-state index < -0.39 is 0 Å². The molecule has 1 N–H and O–H groups in total. The molecule has 1 aromatic carbocycles. The van der Waals surface area contributed by atoms with E-state index in [0.717, 1.165) is 28.2 Å². The fourth-order valence-corrected chi connectivity index (χ4v) is 4.17. The molecule has 3 heterocycles. The lowest BCUT2D eigenvalue weighted by atomic mass is 10.1. The van der Waals surface area contributed by atoms with Gasteiger partial charge < -0.3 is 4.57 Å². The Morgan fingerprint density at radius 2 is 1.74 bits per heavy atom. The van der Waals surface area contributed by atoms with Gasteiger partial charge in [-0.05, 0) is 76.4 Å². The summed E-state index contributed by atoms with van der Waals surface area (Å²) in [5.41, 5.74) is 12.5. The molecule has 0 aliphatic carbocycles. The first-order valence-corrected chi connectivity index (χ1v) is 10.3. The van der Waals surface area contributed by atoms with E-state index in [4.69, 9.17) is 0 Å². The molecule has 3 aromatic heterocycles. The van der Waals surface area contributed by atoms with Crippen LogP contribution in [0.25, 0.3) is 11.3 Å². The van der Waals surface area contributed by atoms with Gasteiger partial charge in [-0.25, -0.2) is 10.4 Å². The molecule has 31 heavy (non-hydrogen) atoms. The molecule has 6 heteroatoms. The summed E-state index contributed by atoms with van der Waals surface area (Å²) in [6.45, 7) is 12.2. The topological polar surface area (TPSA) is 63.7 Å². The third-order valence-corrected chi connectivity index (χ3v) is 5.67. The van der Waals surface area contributed by atoms with E-state index >= 15 is 0 Å². The van der Waals surface area contributed by atoms with Crippen LogP contribution in [0.15, 0.2) is 47.7 Å². The number of carbonyl (C=O) groups is 1. The second kappa shape index (κ2) is 7.87. The van der Waals surface area contributed by atoms with E-state index in [2.05, 4.69) is 72.0 Å². The molecular weight excluding hydrogens is 386 g/mol. The normalized spacial score (nSPS) is 11.5. The Hall–Kier alpha value is -3.67. The number of imidazole rings is 1. The lowest BCUT2D eigenvalue weighted by Crippen LogP contribution is -2.20. The fraction of sp³-hybridized carbons (Fsp3) is 0.240. The second-order valence-electron chi connectivity index (χ2n) is 8.08. The van der Waals surface area contributed by atoms with Gasteiger partial charge >= 0.3 is 0 Å². The number of benzene rings is 1. The summed E-state index contributed by atoms with van der Waals surface area (Å²) in [7, 11) is 0. The summed E-state index contributed by atoms with van der Waals surface area (Å²) in [5, 5.41) is 4.24. The maximum absolute atomic E-state index is 12.8. The summed E-state index contributed by atoms with van der Waals surface area (Å²) < 4.78 is 4.03. The SMILES string of the molecule is Cc1ccn2c(C(=O)N/N=C\c3cc(C)n(-c4c(C)cccc4C)c3C)c(C)nc2c1. The molecule has 0 fully saturated rings. The molecule has 1 amide bonds. The first kappa shape index (κ1) is 20.6. The molecule has 0 radical (unpaired) electrons. The van der Waals surface area contributed by atoms with Crippen molar-refractivity contribution < 1.29 is 4.79 Å². The van der Waals surface area contributed by atoms with Crippen LogP contribution in [-0.2, 0) is 0 Å². The zero-order valence-corrected chi connectivity index (χ0v) is 18.8. The highest BCUT2D eigenvalue weighted by atomic mass is 16.2. The largest absolute Gasteiger partial charge is 0.317 e. The average molecular weight is 414 g/mol. The zero-order chi connectivity index (χ0) is 22.3. The fourth-order valence-electron chi connectivity index (χ4n) is 4.17. The quantitative estimate of drug-likeness (QED) is 0.388. The van der Waals surface area contributed by atoms with Crippen LogP contribution in [0.5, 0.6) is 0 Å². The van der Waals surface area contributed by atoms with Gasteiger partial charge in [0.05, 0.1) is 17.6 Å².